The predicted molar refractivity (Wildman–Crippen MR) is 149 cm³/mol. The van der Waals surface area contributed by atoms with Crippen molar-refractivity contribution in [2.75, 3.05) is 12.7 Å². The molecular formula is C31H40NOP. The van der Waals surface area contributed by atoms with Gasteiger partial charge in [-0.05, 0) is 0 Å². The van der Waals surface area contributed by atoms with Gasteiger partial charge in [-0.1, -0.05) is 0 Å². The maximum absolute atomic E-state index is 13.1. The standard InChI is InChI=1S/C31H40NOP/c1-25(2)24-26-18-20-27(21-19-26)31(33)32-22-23-34(28-12-6-3-7-13-28,29-14-8-4-9-15-29)30-16-10-5-11-17-30/h3-17,25-27,34H,18-24H2,1-2H3,(H,32,33). The fraction of sp³-hybridized carbons (Fsp3) is 0.387. The summed E-state index contributed by atoms with van der Waals surface area (Å²) in [5.41, 5.74) is 0. The summed E-state index contributed by atoms with van der Waals surface area (Å²) >= 11 is 0. The molecule has 0 unspecified atom stereocenters. The van der Waals surface area contributed by atoms with Gasteiger partial charge in [0.15, 0.2) is 0 Å². The average molecular weight is 474 g/mol. The van der Waals surface area contributed by atoms with Gasteiger partial charge in [0.1, 0.15) is 0 Å². The molecule has 0 bridgehead atoms. The fourth-order valence-electron chi connectivity index (χ4n) is 5.95. The summed E-state index contributed by atoms with van der Waals surface area (Å²) in [7, 11) is -2.28. The van der Waals surface area contributed by atoms with Gasteiger partial charge >= 0.3 is 207 Å². The first-order chi connectivity index (χ1) is 16.6. The van der Waals surface area contributed by atoms with E-state index in [0.29, 0.717) is 0 Å². The van der Waals surface area contributed by atoms with E-state index in [1.54, 1.807) is 0 Å². The van der Waals surface area contributed by atoms with E-state index in [1.165, 1.54) is 35.2 Å². The van der Waals surface area contributed by atoms with Gasteiger partial charge in [0.05, 0.1) is 0 Å². The minimum atomic E-state index is -2.28. The van der Waals surface area contributed by atoms with Crippen molar-refractivity contribution in [1.82, 2.24) is 5.32 Å². The molecule has 0 atom stereocenters. The van der Waals surface area contributed by atoms with E-state index in [9.17, 15) is 4.79 Å². The SMILES string of the molecule is CC(C)CC1CCC(C(=O)NCC[PH](c2ccccc2)(c2ccccc2)c2ccccc2)CC1. The Hall–Kier alpha value is -2.44. The summed E-state index contributed by atoms with van der Waals surface area (Å²) in [6.45, 7) is 5.33. The van der Waals surface area contributed by atoms with Crippen LogP contribution in [0.1, 0.15) is 46.0 Å². The normalized spacial score (nSPS) is 19.0. The molecule has 1 saturated carbocycles. The Morgan fingerprint density at radius 2 is 1.21 bits per heavy atom. The number of amides is 1. The Morgan fingerprint density at radius 1 is 0.765 bits per heavy atom. The van der Waals surface area contributed by atoms with Crippen LogP contribution in [-0.2, 0) is 4.79 Å². The third kappa shape index (κ3) is 5.78. The van der Waals surface area contributed by atoms with Crippen molar-refractivity contribution in [3.8, 4) is 0 Å². The molecule has 0 radical (unpaired) electrons. The molecule has 2 nitrogen and oxygen atoms in total. The Labute approximate surface area is 206 Å². The quantitative estimate of drug-likeness (QED) is 0.398. The number of hydrogen-bond acceptors (Lipinski definition) is 1. The zero-order valence-corrected chi connectivity index (χ0v) is 21.8. The van der Waals surface area contributed by atoms with Crippen LogP contribution in [0.2, 0.25) is 0 Å². The Kier molecular flexibility index (Phi) is 8.57. The van der Waals surface area contributed by atoms with Crippen LogP contribution in [0.3, 0.4) is 0 Å². The zero-order valence-electron chi connectivity index (χ0n) is 20.8. The number of nitrogens with one attached hydrogen (secondary N) is 1. The molecule has 3 heteroatoms. The fourth-order valence-corrected chi connectivity index (χ4v) is 10.6. The van der Waals surface area contributed by atoms with Crippen molar-refractivity contribution in [1.29, 1.82) is 0 Å². The monoisotopic (exact) mass is 473 g/mol. The summed E-state index contributed by atoms with van der Waals surface area (Å²) in [4.78, 5) is 13.1. The Balaban J connectivity index is 1.53. The van der Waals surface area contributed by atoms with Crippen molar-refractivity contribution < 1.29 is 4.79 Å². The van der Waals surface area contributed by atoms with Gasteiger partial charge < -0.3 is 0 Å². The van der Waals surface area contributed by atoms with Gasteiger partial charge in [0.2, 0.25) is 0 Å². The van der Waals surface area contributed by atoms with Gasteiger partial charge in [0, 0.05) is 0 Å². The third-order valence-electron chi connectivity index (χ3n) is 7.62. The van der Waals surface area contributed by atoms with Crippen LogP contribution in [0.25, 0.3) is 0 Å². The summed E-state index contributed by atoms with van der Waals surface area (Å²) in [6.07, 6.45) is 6.75. The second kappa shape index (κ2) is 11.8. The van der Waals surface area contributed by atoms with Crippen LogP contribution >= 0.6 is 7.26 Å². The van der Waals surface area contributed by atoms with Crippen molar-refractivity contribution in [2.45, 2.75) is 46.0 Å². The molecule has 180 valence electrons. The molecule has 0 heterocycles. The van der Waals surface area contributed by atoms with E-state index >= 15 is 0 Å². The minimum absolute atomic E-state index is 0.185. The van der Waals surface area contributed by atoms with E-state index in [-0.39, 0.29) is 11.8 Å². The molecule has 0 aliphatic heterocycles. The van der Waals surface area contributed by atoms with Crippen molar-refractivity contribution in [3.63, 3.8) is 0 Å². The molecule has 3 aromatic rings. The van der Waals surface area contributed by atoms with Crippen LogP contribution in [0, 0.1) is 17.8 Å². The van der Waals surface area contributed by atoms with Crippen LogP contribution in [0.15, 0.2) is 91.0 Å². The number of rotatable bonds is 9. The van der Waals surface area contributed by atoms with E-state index in [1.807, 2.05) is 0 Å². The second-order valence-electron chi connectivity index (χ2n) is 10.4. The molecule has 34 heavy (non-hydrogen) atoms. The number of carbonyl (C=O) groups is 1. The van der Waals surface area contributed by atoms with E-state index in [2.05, 4.69) is 110 Å². The summed E-state index contributed by atoms with van der Waals surface area (Å²) in [5.74, 6) is 2.01. The maximum atomic E-state index is 13.1. The first-order valence-electron chi connectivity index (χ1n) is 13.0. The number of carbonyl (C=O) groups excluding carboxylic acids is 1. The average Bonchev–Trinajstić information content (AvgIpc) is 2.88. The van der Waals surface area contributed by atoms with Crippen molar-refractivity contribution in [3.05, 3.63) is 91.0 Å². The Morgan fingerprint density at radius 3 is 1.62 bits per heavy atom. The molecule has 1 fully saturated rings. The molecule has 1 aliphatic rings. The Bertz CT molecular complexity index is 914. The van der Waals surface area contributed by atoms with Crippen molar-refractivity contribution in [2.24, 2.45) is 17.8 Å². The molecular weight excluding hydrogens is 433 g/mol. The molecule has 3 aromatic carbocycles. The molecule has 4 rings (SSSR count). The molecule has 0 spiro atoms. The first-order valence-corrected chi connectivity index (χ1v) is 15.2. The third-order valence-corrected chi connectivity index (χ3v) is 12.6. The predicted octanol–water partition coefficient (Wildman–Crippen LogP) is 5.68. The molecule has 1 amide bonds. The number of hydrogen-bond donors (Lipinski definition) is 1. The van der Waals surface area contributed by atoms with Crippen LogP contribution in [0.5, 0.6) is 0 Å². The van der Waals surface area contributed by atoms with Gasteiger partial charge in [0.25, 0.3) is 0 Å². The van der Waals surface area contributed by atoms with Gasteiger partial charge in [-0.3, -0.25) is 0 Å². The zero-order chi connectivity index (χ0) is 23.8. The van der Waals surface area contributed by atoms with Crippen molar-refractivity contribution >= 4 is 29.1 Å². The van der Waals surface area contributed by atoms with Gasteiger partial charge in [-0.25, -0.2) is 0 Å². The van der Waals surface area contributed by atoms with Crippen LogP contribution in [-0.4, -0.2) is 18.6 Å². The topological polar surface area (TPSA) is 29.1 Å². The van der Waals surface area contributed by atoms with Gasteiger partial charge in [-0.2, -0.15) is 0 Å². The summed E-state index contributed by atoms with van der Waals surface area (Å²) < 4.78 is 0. The molecule has 0 aromatic heterocycles. The van der Waals surface area contributed by atoms with E-state index in [0.717, 1.165) is 37.4 Å². The second-order valence-corrected chi connectivity index (χ2v) is 14.4. The number of benzene rings is 3. The summed E-state index contributed by atoms with van der Waals surface area (Å²) in [6, 6.07) is 32.9. The first kappa shape index (κ1) is 24.7. The van der Waals surface area contributed by atoms with Crippen LogP contribution in [0.4, 0.5) is 0 Å². The van der Waals surface area contributed by atoms with E-state index < -0.39 is 7.26 Å². The molecule has 1 aliphatic carbocycles. The molecule has 0 saturated heterocycles. The summed E-state index contributed by atoms with van der Waals surface area (Å²) in [5, 5.41) is 7.57. The molecule has 1 N–H and O–H groups in total. The van der Waals surface area contributed by atoms with Crippen LogP contribution < -0.4 is 21.2 Å². The van der Waals surface area contributed by atoms with E-state index in [4.69, 9.17) is 0 Å². The van der Waals surface area contributed by atoms with Gasteiger partial charge in [-0.15, -0.1) is 0 Å².